The van der Waals surface area contributed by atoms with E-state index in [1.807, 2.05) is 61.5 Å². The summed E-state index contributed by atoms with van der Waals surface area (Å²) in [5.74, 6) is 0.0271. The quantitative estimate of drug-likeness (QED) is 0.748. The Morgan fingerprint density at radius 1 is 1.14 bits per heavy atom. The minimum Gasteiger partial charge on any atom is -0.451 e. The Kier molecular flexibility index (Phi) is 3.90. The maximum Gasteiger partial charge on any atom is 0.291 e. The zero-order valence-electron chi connectivity index (χ0n) is 12.3. The largest absolute Gasteiger partial charge is 0.451 e. The lowest BCUT2D eigenvalue weighted by Gasteiger charge is -2.12. The number of halogens is 1. The van der Waals surface area contributed by atoms with Crippen LogP contribution < -0.4 is 10.2 Å². The van der Waals surface area contributed by atoms with E-state index >= 15 is 0 Å². The van der Waals surface area contributed by atoms with Gasteiger partial charge >= 0.3 is 0 Å². The van der Waals surface area contributed by atoms with Crippen LogP contribution in [0.25, 0.3) is 11.0 Å². The van der Waals surface area contributed by atoms with Crippen LogP contribution in [-0.2, 0) is 0 Å². The molecule has 0 aliphatic rings. The highest BCUT2D eigenvalue weighted by atomic mass is 79.9. The first-order chi connectivity index (χ1) is 10.5. The molecule has 3 rings (SSSR count). The molecule has 1 aromatic heterocycles. The third kappa shape index (κ3) is 2.85. The van der Waals surface area contributed by atoms with Crippen molar-refractivity contribution in [2.45, 2.75) is 0 Å². The third-order valence-electron chi connectivity index (χ3n) is 3.37. The second-order valence-corrected chi connectivity index (χ2v) is 6.01. The van der Waals surface area contributed by atoms with Crippen LogP contribution in [0.3, 0.4) is 0 Å². The Morgan fingerprint density at radius 3 is 2.50 bits per heavy atom. The van der Waals surface area contributed by atoms with E-state index in [4.69, 9.17) is 4.42 Å². The molecule has 3 aromatic rings. The van der Waals surface area contributed by atoms with Crippen molar-refractivity contribution in [2.75, 3.05) is 24.3 Å². The smallest absolute Gasteiger partial charge is 0.291 e. The average molecular weight is 359 g/mol. The van der Waals surface area contributed by atoms with Crippen LogP contribution in [0.4, 0.5) is 11.4 Å². The number of benzene rings is 2. The van der Waals surface area contributed by atoms with E-state index in [0.717, 1.165) is 21.2 Å². The topological polar surface area (TPSA) is 45.5 Å². The van der Waals surface area contributed by atoms with E-state index in [2.05, 4.69) is 21.2 Å². The summed E-state index contributed by atoms with van der Waals surface area (Å²) < 4.78 is 6.50. The van der Waals surface area contributed by atoms with Crippen molar-refractivity contribution in [3.05, 3.63) is 58.8 Å². The number of nitrogens with one attached hydrogen (secondary N) is 1. The Bertz CT molecular complexity index is 822. The van der Waals surface area contributed by atoms with E-state index in [-0.39, 0.29) is 5.91 Å². The van der Waals surface area contributed by atoms with Gasteiger partial charge in [0.25, 0.3) is 5.91 Å². The summed E-state index contributed by atoms with van der Waals surface area (Å²) in [7, 11) is 3.94. The van der Waals surface area contributed by atoms with Gasteiger partial charge < -0.3 is 14.6 Å². The summed E-state index contributed by atoms with van der Waals surface area (Å²) in [4.78, 5) is 14.3. The van der Waals surface area contributed by atoms with E-state index in [1.165, 1.54) is 0 Å². The van der Waals surface area contributed by atoms with Crippen LogP contribution in [-0.4, -0.2) is 20.0 Å². The number of carbonyl (C=O) groups excluding carboxylic acids is 1. The molecular formula is C17H15BrN2O2. The molecule has 5 heteroatoms. The molecule has 22 heavy (non-hydrogen) atoms. The van der Waals surface area contributed by atoms with Crippen molar-refractivity contribution in [1.29, 1.82) is 0 Å². The Balaban J connectivity index is 1.82. The van der Waals surface area contributed by atoms with Crippen LogP contribution in [0.15, 0.2) is 57.4 Å². The van der Waals surface area contributed by atoms with E-state index in [0.29, 0.717) is 11.3 Å². The van der Waals surface area contributed by atoms with E-state index < -0.39 is 0 Å². The lowest BCUT2D eigenvalue weighted by molar-refractivity contribution is 0.0998. The predicted octanol–water partition coefficient (Wildman–Crippen LogP) is 4.51. The molecule has 0 saturated heterocycles. The maximum atomic E-state index is 12.3. The van der Waals surface area contributed by atoms with E-state index in [1.54, 1.807) is 6.07 Å². The predicted molar refractivity (Wildman–Crippen MR) is 92.6 cm³/mol. The monoisotopic (exact) mass is 358 g/mol. The van der Waals surface area contributed by atoms with Crippen LogP contribution in [0, 0.1) is 0 Å². The first-order valence-corrected chi connectivity index (χ1v) is 7.61. The molecule has 0 unspecified atom stereocenters. The molecule has 4 nitrogen and oxygen atoms in total. The third-order valence-corrected chi connectivity index (χ3v) is 4.07. The molecule has 0 fully saturated rings. The lowest BCUT2D eigenvalue weighted by Crippen LogP contribution is -2.11. The highest BCUT2D eigenvalue weighted by Crippen LogP contribution is 2.27. The number of hydrogen-bond acceptors (Lipinski definition) is 3. The Hall–Kier alpha value is -2.27. The van der Waals surface area contributed by atoms with E-state index in [9.17, 15) is 4.79 Å². The number of fused-ring (bicyclic) bond motifs is 1. The van der Waals surface area contributed by atoms with Gasteiger partial charge in [-0.2, -0.15) is 0 Å². The minimum atomic E-state index is -0.263. The first-order valence-electron chi connectivity index (χ1n) is 6.81. The van der Waals surface area contributed by atoms with Gasteiger partial charge in [0.2, 0.25) is 0 Å². The standard InChI is InChI=1S/C17H15BrN2O2/c1-20(2)12-8-6-11(7-9-12)19-17(21)16-10-13-14(18)4-3-5-15(13)22-16/h3-10H,1-2H3,(H,19,21). The van der Waals surface area contributed by atoms with Gasteiger partial charge in [0.15, 0.2) is 5.76 Å². The van der Waals surface area contributed by atoms with Crippen molar-refractivity contribution in [1.82, 2.24) is 0 Å². The van der Waals surface area contributed by atoms with Crippen LogP contribution >= 0.6 is 15.9 Å². The summed E-state index contributed by atoms with van der Waals surface area (Å²) in [6.07, 6.45) is 0. The number of anilines is 2. The SMILES string of the molecule is CN(C)c1ccc(NC(=O)c2cc3c(Br)cccc3o2)cc1. The van der Waals surface area contributed by atoms with Gasteiger partial charge in [-0.05, 0) is 42.5 Å². The van der Waals surface area contributed by atoms with Gasteiger partial charge in [-0.15, -0.1) is 0 Å². The summed E-state index contributed by atoms with van der Waals surface area (Å²) >= 11 is 3.45. The van der Waals surface area contributed by atoms with Crippen molar-refractivity contribution in [3.63, 3.8) is 0 Å². The van der Waals surface area contributed by atoms with Crippen LogP contribution in [0.2, 0.25) is 0 Å². The zero-order valence-corrected chi connectivity index (χ0v) is 13.8. The van der Waals surface area contributed by atoms with Gasteiger partial charge in [0.05, 0.1) is 0 Å². The van der Waals surface area contributed by atoms with Crippen molar-refractivity contribution >= 4 is 44.2 Å². The molecule has 0 spiro atoms. The highest BCUT2D eigenvalue weighted by molar-refractivity contribution is 9.10. The maximum absolute atomic E-state index is 12.3. The molecule has 0 bridgehead atoms. The number of carbonyl (C=O) groups is 1. The molecule has 0 atom stereocenters. The first kappa shape index (κ1) is 14.7. The molecule has 0 aliphatic carbocycles. The number of amides is 1. The molecule has 1 N–H and O–H groups in total. The van der Waals surface area contributed by atoms with Gasteiger partial charge in [0.1, 0.15) is 5.58 Å². The zero-order chi connectivity index (χ0) is 15.7. The van der Waals surface area contributed by atoms with Crippen molar-refractivity contribution < 1.29 is 9.21 Å². The molecular weight excluding hydrogens is 344 g/mol. The fraction of sp³-hybridized carbons (Fsp3) is 0.118. The number of rotatable bonds is 3. The molecule has 112 valence electrons. The second kappa shape index (κ2) is 5.85. The number of furan rings is 1. The number of hydrogen-bond donors (Lipinski definition) is 1. The Labute approximate surface area is 136 Å². The van der Waals surface area contributed by atoms with Crippen LogP contribution in [0.1, 0.15) is 10.6 Å². The van der Waals surface area contributed by atoms with Gasteiger partial charge in [-0.25, -0.2) is 0 Å². The minimum absolute atomic E-state index is 0.263. The highest BCUT2D eigenvalue weighted by Gasteiger charge is 2.13. The molecule has 1 heterocycles. The summed E-state index contributed by atoms with van der Waals surface area (Å²) in [5, 5.41) is 3.72. The lowest BCUT2D eigenvalue weighted by atomic mass is 10.2. The fourth-order valence-electron chi connectivity index (χ4n) is 2.17. The van der Waals surface area contributed by atoms with Gasteiger partial charge in [-0.3, -0.25) is 4.79 Å². The fourth-order valence-corrected chi connectivity index (χ4v) is 2.64. The van der Waals surface area contributed by atoms with Crippen molar-refractivity contribution in [3.8, 4) is 0 Å². The molecule has 0 saturated carbocycles. The second-order valence-electron chi connectivity index (χ2n) is 5.16. The van der Waals surface area contributed by atoms with Gasteiger partial charge in [-0.1, -0.05) is 22.0 Å². The Morgan fingerprint density at radius 2 is 1.86 bits per heavy atom. The normalized spacial score (nSPS) is 10.7. The molecule has 2 aromatic carbocycles. The average Bonchev–Trinajstić information content (AvgIpc) is 2.93. The summed E-state index contributed by atoms with van der Waals surface area (Å²) in [6, 6.07) is 15.0. The molecule has 0 radical (unpaired) electrons. The molecule has 1 amide bonds. The van der Waals surface area contributed by atoms with Gasteiger partial charge in [0, 0.05) is 35.3 Å². The molecule has 0 aliphatic heterocycles. The van der Waals surface area contributed by atoms with Crippen molar-refractivity contribution in [2.24, 2.45) is 0 Å². The van der Waals surface area contributed by atoms with Crippen LogP contribution in [0.5, 0.6) is 0 Å². The summed E-state index contributed by atoms with van der Waals surface area (Å²) in [5.41, 5.74) is 2.49. The summed E-state index contributed by atoms with van der Waals surface area (Å²) in [6.45, 7) is 0. The number of nitrogens with zero attached hydrogens (tertiary/aromatic N) is 1.